The summed E-state index contributed by atoms with van der Waals surface area (Å²) in [6.45, 7) is 2.21. The molecule has 0 aliphatic heterocycles. The highest BCUT2D eigenvalue weighted by atomic mass is 16.5. The van der Waals surface area contributed by atoms with Gasteiger partial charge >= 0.3 is 0 Å². The van der Waals surface area contributed by atoms with Crippen LogP contribution in [0.2, 0.25) is 0 Å². The average Bonchev–Trinajstić information content (AvgIpc) is 2.98. The van der Waals surface area contributed by atoms with E-state index in [-0.39, 0.29) is 11.7 Å². The van der Waals surface area contributed by atoms with Crippen molar-refractivity contribution in [3.8, 4) is 5.75 Å². The third-order valence-corrected chi connectivity index (χ3v) is 3.42. The van der Waals surface area contributed by atoms with E-state index in [2.05, 4.69) is 10.5 Å². The van der Waals surface area contributed by atoms with Gasteiger partial charge in [0.05, 0.1) is 12.8 Å². The van der Waals surface area contributed by atoms with E-state index in [0.717, 1.165) is 22.1 Å². The number of carbonyl (C=O) groups excluding carboxylic acids is 1. The number of ether oxygens (including phenoxy) is 1. The highest BCUT2D eigenvalue weighted by Crippen LogP contribution is 2.21. The normalized spacial score (nSPS) is 10.6. The summed E-state index contributed by atoms with van der Waals surface area (Å²) in [5.41, 5.74) is 1.70. The van der Waals surface area contributed by atoms with Gasteiger partial charge in [-0.1, -0.05) is 23.4 Å². The molecule has 3 rings (SSSR count). The van der Waals surface area contributed by atoms with Crippen LogP contribution in [0, 0.1) is 6.92 Å². The lowest BCUT2D eigenvalue weighted by atomic mass is 10.1. The summed E-state index contributed by atoms with van der Waals surface area (Å²) in [6.07, 6.45) is 0. The Hall–Kier alpha value is -2.82. The molecule has 112 valence electrons. The monoisotopic (exact) mass is 296 g/mol. The van der Waals surface area contributed by atoms with Crippen molar-refractivity contribution in [1.82, 2.24) is 10.5 Å². The minimum Gasteiger partial charge on any atom is -0.497 e. The van der Waals surface area contributed by atoms with E-state index in [1.807, 2.05) is 36.4 Å². The molecule has 0 unspecified atom stereocenters. The first kappa shape index (κ1) is 14.1. The first-order chi connectivity index (χ1) is 10.7. The summed E-state index contributed by atoms with van der Waals surface area (Å²) in [5, 5.41) is 8.72. The Labute approximate surface area is 127 Å². The van der Waals surface area contributed by atoms with Crippen LogP contribution in [0.3, 0.4) is 0 Å². The van der Waals surface area contributed by atoms with Gasteiger partial charge in [0, 0.05) is 12.6 Å². The number of nitrogens with one attached hydrogen (secondary N) is 1. The van der Waals surface area contributed by atoms with Crippen molar-refractivity contribution in [2.24, 2.45) is 0 Å². The number of hydrogen-bond acceptors (Lipinski definition) is 4. The van der Waals surface area contributed by atoms with E-state index in [1.165, 1.54) is 0 Å². The van der Waals surface area contributed by atoms with Gasteiger partial charge in [-0.2, -0.15) is 0 Å². The number of amides is 1. The molecule has 3 aromatic rings. The summed E-state index contributed by atoms with van der Waals surface area (Å²) in [5.74, 6) is 0.785. The molecule has 22 heavy (non-hydrogen) atoms. The number of rotatable bonds is 4. The molecule has 1 N–H and O–H groups in total. The molecule has 0 aliphatic carbocycles. The first-order valence-electron chi connectivity index (χ1n) is 6.94. The lowest BCUT2D eigenvalue weighted by Crippen LogP contribution is -2.22. The summed E-state index contributed by atoms with van der Waals surface area (Å²) in [4.78, 5) is 11.9. The third-order valence-electron chi connectivity index (χ3n) is 3.42. The molecule has 1 amide bonds. The predicted octanol–water partition coefficient (Wildman–Crippen LogP) is 3.07. The molecule has 1 aromatic heterocycles. The summed E-state index contributed by atoms with van der Waals surface area (Å²) in [7, 11) is 1.65. The predicted molar refractivity (Wildman–Crippen MR) is 82.9 cm³/mol. The molecule has 0 atom stereocenters. The van der Waals surface area contributed by atoms with Crippen molar-refractivity contribution < 1.29 is 14.1 Å². The fraction of sp³-hybridized carbons (Fsp3) is 0.176. The number of methoxy groups -OCH3 is 1. The number of aryl methyl sites for hydroxylation is 1. The fourth-order valence-electron chi connectivity index (χ4n) is 2.25. The number of aromatic nitrogens is 1. The lowest BCUT2D eigenvalue weighted by molar-refractivity contribution is 0.0914. The Kier molecular flexibility index (Phi) is 3.78. The molecular formula is C17H16N2O3. The van der Waals surface area contributed by atoms with E-state index in [0.29, 0.717) is 12.2 Å². The van der Waals surface area contributed by atoms with Gasteiger partial charge in [0.25, 0.3) is 5.91 Å². The second-order valence-corrected chi connectivity index (χ2v) is 5.06. The SMILES string of the molecule is COc1ccc2cc(CNC(=O)c3cc(C)no3)ccc2c1. The van der Waals surface area contributed by atoms with Gasteiger partial charge in [-0.15, -0.1) is 0 Å². The molecule has 0 aliphatic rings. The van der Waals surface area contributed by atoms with Crippen LogP contribution < -0.4 is 10.1 Å². The Balaban J connectivity index is 1.72. The quantitative estimate of drug-likeness (QED) is 0.803. The van der Waals surface area contributed by atoms with Crippen molar-refractivity contribution in [3.05, 3.63) is 59.5 Å². The van der Waals surface area contributed by atoms with Gasteiger partial charge in [-0.3, -0.25) is 4.79 Å². The molecule has 5 heteroatoms. The number of hydrogen-bond donors (Lipinski definition) is 1. The maximum Gasteiger partial charge on any atom is 0.290 e. The molecule has 0 spiro atoms. The standard InChI is InChI=1S/C17H16N2O3/c1-11-7-16(22-19-11)17(20)18-10-12-3-4-14-9-15(21-2)6-5-13(14)8-12/h3-9H,10H2,1-2H3,(H,18,20). The van der Waals surface area contributed by atoms with Crippen LogP contribution in [0.4, 0.5) is 0 Å². The van der Waals surface area contributed by atoms with E-state index in [9.17, 15) is 4.79 Å². The molecule has 0 saturated heterocycles. The second kappa shape index (κ2) is 5.89. The summed E-state index contributed by atoms with van der Waals surface area (Å²) < 4.78 is 10.1. The molecule has 1 heterocycles. The fourth-order valence-corrected chi connectivity index (χ4v) is 2.25. The van der Waals surface area contributed by atoms with Crippen LogP contribution >= 0.6 is 0 Å². The molecule has 0 fully saturated rings. The zero-order valence-corrected chi connectivity index (χ0v) is 12.4. The van der Waals surface area contributed by atoms with E-state index >= 15 is 0 Å². The number of fused-ring (bicyclic) bond motifs is 1. The van der Waals surface area contributed by atoms with Crippen LogP contribution in [-0.2, 0) is 6.54 Å². The van der Waals surface area contributed by atoms with Crippen LogP contribution in [0.15, 0.2) is 47.0 Å². The highest BCUT2D eigenvalue weighted by Gasteiger charge is 2.10. The largest absolute Gasteiger partial charge is 0.497 e. The first-order valence-corrected chi connectivity index (χ1v) is 6.94. The zero-order valence-electron chi connectivity index (χ0n) is 12.4. The highest BCUT2D eigenvalue weighted by molar-refractivity contribution is 5.91. The topological polar surface area (TPSA) is 64.4 Å². The molecule has 2 aromatic carbocycles. The Morgan fingerprint density at radius 2 is 1.95 bits per heavy atom. The zero-order chi connectivity index (χ0) is 15.5. The van der Waals surface area contributed by atoms with Gasteiger partial charge in [-0.25, -0.2) is 0 Å². The van der Waals surface area contributed by atoms with Crippen LogP contribution in [0.25, 0.3) is 10.8 Å². The van der Waals surface area contributed by atoms with E-state index in [4.69, 9.17) is 9.26 Å². The summed E-state index contributed by atoms with van der Waals surface area (Å²) >= 11 is 0. The minimum absolute atomic E-state index is 0.225. The molecular weight excluding hydrogens is 280 g/mol. The summed E-state index contributed by atoms with van der Waals surface area (Å²) in [6, 6.07) is 13.5. The number of benzene rings is 2. The Morgan fingerprint density at radius 3 is 2.68 bits per heavy atom. The second-order valence-electron chi connectivity index (χ2n) is 5.06. The molecule has 5 nitrogen and oxygen atoms in total. The van der Waals surface area contributed by atoms with Gasteiger partial charge in [-0.05, 0) is 41.5 Å². The van der Waals surface area contributed by atoms with Crippen molar-refractivity contribution >= 4 is 16.7 Å². The number of nitrogens with zero attached hydrogens (tertiary/aromatic N) is 1. The van der Waals surface area contributed by atoms with Crippen molar-refractivity contribution in [1.29, 1.82) is 0 Å². The number of carbonyl (C=O) groups is 1. The van der Waals surface area contributed by atoms with Gasteiger partial charge in [0.2, 0.25) is 5.76 Å². The van der Waals surface area contributed by atoms with Crippen molar-refractivity contribution in [2.75, 3.05) is 7.11 Å². The lowest BCUT2D eigenvalue weighted by Gasteiger charge is -2.06. The Morgan fingerprint density at radius 1 is 1.18 bits per heavy atom. The molecule has 0 saturated carbocycles. The average molecular weight is 296 g/mol. The third kappa shape index (κ3) is 2.93. The minimum atomic E-state index is -0.268. The van der Waals surface area contributed by atoms with E-state index < -0.39 is 0 Å². The molecule has 0 radical (unpaired) electrons. The molecule has 0 bridgehead atoms. The maximum absolute atomic E-state index is 11.9. The van der Waals surface area contributed by atoms with Gasteiger partial charge in [0.15, 0.2) is 0 Å². The van der Waals surface area contributed by atoms with Crippen LogP contribution in [-0.4, -0.2) is 18.2 Å². The van der Waals surface area contributed by atoms with E-state index in [1.54, 1.807) is 20.1 Å². The van der Waals surface area contributed by atoms with Crippen LogP contribution in [0.1, 0.15) is 21.8 Å². The van der Waals surface area contributed by atoms with Gasteiger partial charge in [0.1, 0.15) is 5.75 Å². The van der Waals surface area contributed by atoms with Crippen LogP contribution in [0.5, 0.6) is 5.75 Å². The maximum atomic E-state index is 11.9. The smallest absolute Gasteiger partial charge is 0.290 e. The Bertz CT molecular complexity index is 824. The van der Waals surface area contributed by atoms with Crippen molar-refractivity contribution in [3.63, 3.8) is 0 Å². The van der Waals surface area contributed by atoms with Gasteiger partial charge < -0.3 is 14.6 Å². The van der Waals surface area contributed by atoms with Crippen molar-refractivity contribution in [2.45, 2.75) is 13.5 Å².